The van der Waals surface area contributed by atoms with Crippen molar-refractivity contribution in [3.63, 3.8) is 0 Å². The van der Waals surface area contributed by atoms with E-state index in [0.717, 1.165) is 12.1 Å². The molecule has 1 aromatic rings. The summed E-state index contributed by atoms with van der Waals surface area (Å²) in [6.07, 6.45) is 0.995. The summed E-state index contributed by atoms with van der Waals surface area (Å²) in [6.45, 7) is 1.77. The fraction of sp³-hybridized carbons (Fsp3) is 0.417. The molecule has 106 valence electrons. The molecule has 0 heterocycles. The molecule has 0 fully saturated rings. The van der Waals surface area contributed by atoms with Crippen LogP contribution in [0.5, 0.6) is 0 Å². The molecule has 0 aromatic heterocycles. The number of amides is 2. The van der Waals surface area contributed by atoms with Crippen LogP contribution in [-0.4, -0.2) is 23.8 Å². The Morgan fingerprint density at radius 1 is 1.42 bits per heavy atom. The zero-order valence-corrected chi connectivity index (χ0v) is 11.9. The Morgan fingerprint density at radius 2 is 2.00 bits per heavy atom. The number of aliphatic hydroxyl groups is 1. The predicted molar refractivity (Wildman–Crippen MR) is 72.0 cm³/mol. The van der Waals surface area contributed by atoms with Crippen LogP contribution >= 0.6 is 15.9 Å². The quantitative estimate of drug-likeness (QED) is 0.774. The minimum atomic E-state index is -0.864. The van der Waals surface area contributed by atoms with Gasteiger partial charge in [0.15, 0.2) is 11.6 Å². The van der Waals surface area contributed by atoms with Crippen LogP contribution in [0, 0.1) is 11.6 Å². The van der Waals surface area contributed by atoms with Gasteiger partial charge in [0.1, 0.15) is 5.69 Å². The number of nitrogens with one attached hydrogen (secondary N) is 2. The molecular weight excluding hydrogens is 322 g/mol. The van der Waals surface area contributed by atoms with Crippen molar-refractivity contribution < 1.29 is 18.7 Å². The van der Waals surface area contributed by atoms with Crippen molar-refractivity contribution in [3.05, 3.63) is 28.2 Å². The second-order valence-electron chi connectivity index (χ2n) is 3.96. The molecule has 1 atom stereocenters. The Morgan fingerprint density at radius 3 is 2.47 bits per heavy atom. The van der Waals surface area contributed by atoms with Crippen LogP contribution in [0.25, 0.3) is 0 Å². The Balaban J connectivity index is 2.72. The highest BCUT2D eigenvalue weighted by Crippen LogP contribution is 2.23. The van der Waals surface area contributed by atoms with Crippen molar-refractivity contribution in [3.8, 4) is 0 Å². The van der Waals surface area contributed by atoms with E-state index in [9.17, 15) is 13.6 Å². The third-order valence-electron chi connectivity index (χ3n) is 2.55. The third kappa shape index (κ3) is 4.76. The van der Waals surface area contributed by atoms with Gasteiger partial charge in [0.2, 0.25) is 0 Å². The summed E-state index contributed by atoms with van der Waals surface area (Å²) in [7, 11) is 0. The second-order valence-corrected chi connectivity index (χ2v) is 4.88. The molecule has 4 nitrogen and oxygen atoms in total. The van der Waals surface area contributed by atoms with Gasteiger partial charge in [-0.05, 0) is 25.0 Å². The van der Waals surface area contributed by atoms with Crippen LogP contribution in [-0.2, 0) is 0 Å². The first-order valence-corrected chi connectivity index (χ1v) is 6.60. The number of aliphatic hydroxyl groups excluding tert-OH is 1. The van der Waals surface area contributed by atoms with Gasteiger partial charge in [0.25, 0.3) is 0 Å². The lowest BCUT2D eigenvalue weighted by Crippen LogP contribution is -2.38. The monoisotopic (exact) mass is 336 g/mol. The zero-order chi connectivity index (χ0) is 14.4. The molecule has 3 N–H and O–H groups in total. The van der Waals surface area contributed by atoms with E-state index in [1.807, 2.05) is 6.92 Å². The third-order valence-corrected chi connectivity index (χ3v) is 3.01. The molecule has 0 aliphatic carbocycles. The minimum absolute atomic E-state index is 0.0697. The normalized spacial score (nSPS) is 12.1. The molecule has 7 heteroatoms. The van der Waals surface area contributed by atoms with Crippen LogP contribution in [0.2, 0.25) is 0 Å². The fourth-order valence-corrected chi connectivity index (χ4v) is 1.93. The van der Waals surface area contributed by atoms with E-state index in [2.05, 4.69) is 26.6 Å². The van der Waals surface area contributed by atoms with Crippen LogP contribution < -0.4 is 10.6 Å². The van der Waals surface area contributed by atoms with E-state index in [4.69, 9.17) is 5.11 Å². The van der Waals surface area contributed by atoms with Crippen LogP contribution in [0.3, 0.4) is 0 Å². The molecule has 0 aliphatic rings. The van der Waals surface area contributed by atoms with Crippen molar-refractivity contribution in [1.82, 2.24) is 5.32 Å². The van der Waals surface area contributed by atoms with Gasteiger partial charge >= 0.3 is 6.03 Å². The molecule has 1 aromatic carbocycles. The highest BCUT2D eigenvalue weighted by Gasteiger charge is 2.15. The fourth-order valence-electron chi connectivity index (χ4n) is 1.53. The molecule has 19 heavy (non-hydrogen) atoms. The van der Waals surface area contributed by atoms with E-state index < -0.39 is 23.4 Å². The minimum Gasteiger partial charge on any atom is -0.396 e. The summed E-state index contributed by atoms with van der Waals surface area (Å²) in [5.74, 6) is -1.73. The van der Waals surface area contributed by atoms with Gasteiger partial charge in [-0.15, -0.1) is 0 Å². The van der Waals surface area contributed by atoms with E-state index in [0.29, 0.717) is 12.8 Å². The van der Waals surface area contributed by atoms with Crippen LogP contribution in [0.1, 0.15) is 19.8 Å². The summed E-state index contributed by atoms with van der Waals surface area (Å²) in [5, 5.41) is 13.4. The molecule has 1 rings (SSSR count). The van der Waals surface area contributed by atoms with Crippen molar-refractivity contribution >= 4 is 27.6 Å². The van der Waals surface area contributed by atoms with Gasteiger partial charge in [0, 0.05) is 17.1 Å². The van der Waals surface area contributed by atoms with Gasteiger partial charge in [-0.2, -0.15) is 0 Å². The lowest BCUT2D eigenvalue weighted by molar-refractivity contribution is 0.237. The highest BCUT2D eigenvalue weighted by molar-refractivity contribution is 9.10. The smallest absolute Gasteiger partial charge is 0.319 e. The van der Waals surface area contributed by atoms with Gasteiger partial charge in [0.05, 0.1) is 0 Å². The molecule has 0 spiro atoms. The lowest BCUT2D eigenvalue weighted by atomic mass is 10.2. The number of carbonyl (C=O) groups is 1. The van der Waals surface area contributed by atoms with E-state index in [1.165, 1.54) is 0 Å². The SMILES string of the molecule is CCC(CCO)NC(=O)Nc1c(F)cc(Br)cc1F. The number of benzene rings is 1. The maximum atomic E-state index is 13.5. The Hall–Kier alpha value is -1.21. The summed E-state index contributed by atoms with van der Waals surface area (Å²) >= 11 is 2.95. The zero-order valence-electron chi connectivity index (χ0n) is 10.3. The molecule has 0 saturated carbocycles. The Kier molecular flexibility index (Phi) is 6.17. The number of hydrogen-bond donors (Lipinski definition) is 3. The molecule has 0 aliphatic heterocycles. The molecule has 0 saturated heterocycles. The average molecular weight is 337 g/mol. The van der Waals surface area contributed by atoms with Gasteiger partial charge in [-0.1, -0.05) is 22.9 Å². The number of urea groups is 1. The van der Waals surface area contributed by atoms with Crippen LogP contribution in [0.15, 0.2) is 16.6 Å². The maximum absolute atomic E-state index is 13.5. The first-order valence-electron chi connectivity index (χ1n) is 5.80. The van der Waals surface area contributed by atoms with Crippen molar-refractivity contribution in [2.24, 2.45) is 0 Å². The number of rotatable bonds is 5. The summed E-state index contributed by atoms with van der Waals surface area (Å²) < 4.78 is 27.2. The number of carbonyl (C=O) groups excluding carboxylic acids is 1. The number of halogens is 3. The van der Waals surface area contributed by atoms with Crippen molar-refractivity contribution in [2.45, 2.75) is 25.8 Å². The first-order chi connectivity index (χ1) is 8.97. The number of hydrogen-bond acceptors (Lipinski definition) is 2. The van der Waals surface area contributed by atoms with Crippen molar-refractivity contribution in [1.29, 1.82) is 0 Å². The second kappa shape index (κ2) is 7.40. The lowest BCUT2D eigenvalue weighted by Gasteiger charge is -2.16. The average Bonchev–Trinajstić information content (AvgIpc) is 2.33. The molecule has 0 bridgehead atoms. The Labute approximate surface area is 118 Å². The largest absolute Gasteiger partial charge is 0.396 e. The van der Waals surface area contributed by atoms with Crippen molar-refractivity contribution in [2.75, 3.05) is 11.9 Å². The van der Waals surface area contributed by atoms with Gasteiger partial charge in [-0.25, -0.2) is 13.6 Å². The molecule has 1 unspecified atom stereocenters. The van der Waals surface area contributed by atoms with Crippen LogP contribution in [0.4, 0.5) is 19.3 Å². The summed E-state index contributed by atoms with van der Waals surface area (Å²) in [5.41, 5.74) is -0.500. The summed E-state index contributed by atoms with van der Waals surface area (Å²) in [4.78, 5) is 11.6. The molecule has 0 radical (unpaired) electrons. The first kappa shape index (κ1) is 15.8. The Bertz CT molecular complexity index is 434. The maximum Gasteiger partial charge on any atom is 0.319 e. The molecular formula is C12H15BrF2N2O2. The summed E-state index contributed by atoms with van der Waals surface area (Å²) in [6, 6.07) is 1.17. The predicted octanol–water partition coefficient (Wildman–Crippen LogP) is 3.01. The van der Waals surface area contributed by atoms with Gasteiger partial charge in [-0.3, -0.25) is 0 Å². The standard InChI is InChI=1S/C12H15BrF2N2O2/c1-2-8(3-4-18)16-12(19)17-11-9(14)5-7(13)6-10(11)15/h5-6,8,18H,2-4H2,1H3,(H2,16,17,19). The van der Waals surface area contributed by atoms with E-state index >= 15 is 0 Å². The molecule has 2 amide bonds. The van der Waals surface area contributed by atoms with Gasteiger partial charge < -0.3 is 15.7 Å². The topological polar surface area (TPSA) is 61.4 Å². The number of anilines is 1. The van der Waals surface area contributed by atoms with E-state index in [1.54, 1.807) is 0 Å². The highest BCUT2D eigenvalue weighted by atomic mass is 79.9. The van der Waals surface area contributed by atoms with E-state index in [-0.39, 0.29) is 17.1 Å².